The largest absolute Gasteiger partial charge is 0.346 e. The predicted octanol–water partition coefficient (Wildman–Crippen LogP) is 2.17. The summed E-state index contributed by atoms with van der Waals surface area (Å²) in [5, 5.41) is 4.53. The lowest BCUT2D eigenvalue weighted by Gasteiger charge is -2.06. The van der Waals surface area contributed by atoms with Crippen molar-refractivity contribution >= 4 is 10.9 Å². The van der Waals surface area contributed by atoms with Gasteiger partial charge in [-0.15, -0.1) is 6.42 Å². The molecule has 1 aromatic heterocycles. The van der Waals surface area contributed by atoms with E-state index in [1.165, 1.54) is 16.5 Å². The fourth-order valence-electron chi connectivity index (χ4n) is 1.93. The van der Waals surface area contributed by atoms with Crippen molar-refractivity contribution in [2.24, 2.45) is 0 Å². The Morgan fingerprint density at radius 2 is 2.25 bits per heavy atom. The van der Waals surface area contributed by atoms with Gasteiger partial charge in [0.05, 0.1) is 6.54 Å². The molecule has 0 spiro atoms. The lowest BCUT2D eigenvalue weighted by Crippen LogP contribution is -2.19. The van der Waals surface area contributed by atoms with Crippen LogP contribution in [0.1, 0.15) is 5.56 Å². The van der Waals surface area contributed by atoms with E-state index in [1.54, 1.807) is 0 Å². The number of benzene rings is 1. The Hall–Kier alpha value is -1.72. The lowest BCUT2D eigenvalue weighted by atomic mass is 10.1. The normalized spacial score (nSPS) is 10.5. The Morgan fingerprint density at radius 1 is 1.38 bits per heavy atom. The molecule has 0 unspecified atom stereocenters. The number of hydrogen-bond donors (Lipinski definition) is 1. The van der Waals surface area contributed by atoms with Gasteiger partial charge in [0.1, 0.15) is 0 Å². The summed E-state index contributed by atoms with van der Waals surface area (Å²) in [6.45, 7) is 4.64. The van der Waals surface area contributed by atoms with Gasteiger partial charge in [0.25, 0.3) is 0 Å². The second-order valence-electron chi connectivity index (χ2n) is 3.90. The molecule has 0 saturated carbocycles. The lowest BCUT2D eigenvalue weighted by molar-refractivity contribution is 0.644. The summed E-state index contributed by atoms with van der Waals surface area (Å²) in [4.78, 5) is 0. The van der Waals surface area contributed by atoms with Crippen molar-refractivity contribution < 1.29 is 0 Å². The van der Waals surface area contributed by atoms with Crippen LogP contribution in [0.5, 0.6) is 0 Å². The van der Waals surface area contributed by atoms with E-state index in [-0.39, 0.29) is 0 Å². The summed E-state index contributed by atoms with van der Waals surface area (Å²) in [5.41, 5.74) is 2.62. The Balaban J connectivity index is 2.14. The predicted molar refractivity (Wildman–Crippen MR) is 68.4 cm³/mol. The molecule has 0 atom stereocenters. The summed E-state index contributed by atoms with van der Waals surface area (Å²) in [7, 11) is 0. The van der Waals surface area contributed by atoms with Gasteiger partial charge in [-0.1, -0.05) is 18.1 Å². The molecule has 0 bridgehead atoms. The highest BCUT2D eigenvalue weighted by Crippen LogP contribution is 2.18. The molecule has 16 heavy (non-hydrogen) atoms. The molecule has 0 aliphatic carbocycles. The third-order valence-corrected chi connectivity index (χ3v) is 2.79. The fraction of sp³-hybridized carbons (Fsp3) is 0.286. The van der Waals surface area contributed by atoms with E-state index in [0.717, 1.165) is 13.1 Å². The molecule has 2 rings (SSSR count). The molecule has 0 aliphatic heterocycles. The Labute approximate surface area is 96.3 Å². The zero-order valence-electron chi connectivity index (χ0n) is 9.53. The highest BCUT2D eigenvalue weighted by molar-refractivity contribution is 5.83. The van der Waals surface area contributed by atoms with Gasteiger partial charge in [-0.05, 0) is 24.6 Å². The molecule has 82 valence electrons. The molecule has 2 aromatic rings. The number of nitrogens with zero attached hydrogens (tertiary/aromatic N) is 1. The van der Waals surface area contributed by atoms with Crippen LogP contribution in [0, 0.1) is 19.3 Å². The first-order chi connectivity index (χ1) is 7.83. The van der Waals surface area contributed by atoms with Crippen LogP contribution in [-0.2, 0) is 6.54 Å². The minimum atomic E-state index is 0.637. The number of terminal acetylenes is 1. The van der Waals surface area contributed by atoms with Crippen LogP contribution in [0.3, 0.4) is 0 Å². The number of rotatable bonds is 4. The van der Waals surface area contributed by atoms with Crippen LogP contribution in [0.2, 0.25) is 0 Å². The standard InChI is InChI=1S/C14H16N2/c1-3-8-15-9-11-16-10-7-13-12(2)5-4-6-14(13)16/h1,4-7,10,15H,8-9,11H2,2H3. The average Bonchev–Trinajstić information content (AvgIpc) is 2.70. The summed E-state index contributed by atoms with van der Waals surface area (Å²) < 4.78 is 2.26. The molecule has 2 heteroatoms. The Bertz CT molecular complexity index is 517. The van der Waals surface area contributed by atoms with Gasteiger partial charge in [-0.2, -0.15) is 0 Å². The van der Waals surface area contributed by atoms with Crippen molar-refractivity contribution in [2.75, 3.05) is 13.1 Å². The number of hydrogen-bond acceptors (Lipinski definition) is 1. The Kier molecular flexibility index (Phi) is 3.28. The average molecular weight is 212 g/mol. The molecule has 1 N–H and O–H groups in total. The first-order valence-electron chi connectivity index (χ1n) is 5.51. The van der Waals surface area contributed by atoms with E-state index in [2.05, 4.69) is 53.2 Å². The number of aromatic nitrogens is 1. The highest BCUT2D eigenvalue weighted by atomic mass is 15.0. The van der Waals surface area contributed by atoms with Crippen molar-refractivity contribution in [1.82, 2.24) is 9.88 Å². The maximum absolute atomic E-state index is 5.18. The molecule has 0 fully saturated rings. The van der Waals surface area contributed by atoms with E-state index < -0.39 is 0 Å². The van der Waals surface area contributed by atoms with Gasteiger partial charge >= 0.3 is 0 Å². The summed E-state index contributed by atoms with van der Waals surface area (Å²) in [6, 6.07) is 8.57. The topological polar surface area (TPSA) is 17.0 Å². The SMILES string of the molecule is C#CCNCCn1ccc2c(C)cccc21. The van der Waals surface area contributed by atoms with E-state index in [9.17, 15) is 0 Å². The molecule has 1 aromatic carbocycles. The van der Waals surface area contributed by atoms with Crippen LogP contribution in [0.4, 0.5) is 0 Å². The summed E-state index contributed by atoms with van der Waals surface area (Å²) in [6.07, 6.45) is 7.31. The molecule has 0 saturated heterocycles. The molecule has 2 nitrogen and oxygen atoms in total. The van der Waals surface area contributed by atoms with Gasteiger partial charge in [0.2, 0.25) is 0 Å². The quantitative estimate of drug-likeness (QED) is 0.607. The van der Waals surface area contributed by atoms with Gasteiger partial charge < -0.3 is 9.88 Å². The molecular formula is C14H16N2. The third kappa shape index (κ3) is 2.10. The monoisotopic (exact) mass is 212 g/mol. The number of nitrogens with one attached hydrogen (secondary N) is 1. The number of aryl methyl sites for hydroxylation is 1. The molecule has 0 amide bonds. The van der Waals surface area contributed by atoms with Crippen LogP contribution < -0.4 is 5.32 Å². The summed E-state index contributed by atoms with van der Waals surface area (Å²) in [5.74, 6) is 2.57. The first kappa shape index (κ1) is 10.8. The van der Waals surface area contributed by atoms with Crippen LogP contribution >= 0.6 is 0 Å². The van der Waals surface area contributed by atoms with Crippen molar-refractivity contribution in [1.29, 1.82) is 0 Å². The maximum atomic E-state index is 5.18. The second kappa shape index (κ2) is 4.87. The van der Waals surface area contributed by atoms with Crippen molar-refractivity contribution in [3.63, 3.8) is 0 Å². The molecule has 1 heterocycles. The minimum absolute atomic E-state index is 0.637. The minimum Gasteiger partial charge on any atom is -0.346 e. The van der Waals surface area contributed by atoms with Gasteiger partial charge in [-0.3, -0.25) is 0 Å². The van der Waals surface area contributed by atoms with Crippen molar-refractivity contribution in [2.45, 2.75) is 13.5 Å². The fourth-order valence-corrected chi connectivity index (χ4v) is 1.93. The first-order valence-corrected chi connectivity index (χ1v) is 5.51. The molecule has 0 aliphatic rings. The zero-order chi connectivity index (χ0) is 11.4. The zero-order valence-corrected chi connectivity index (χ0v) is 9.53. The number of fused-ring (bicyclic) bond motifs is 1. The second-order valence-corrected chi connectivity index (χ2v) is 3.90. The van der Waals surface area contributed by atoms with Gasteiger partial charge in [0, 0.05) is 30.2 Å². The van der Waals surface area contributed by atoms with E-state index in [0.29, 0.717) is 6.54 Å². The van der Waals surface area contributed by atoms with Gasteiger partial charge in [0.15, 0.2) is 0 Å². The van der Waals surface area contributed by atoms with E-state index >= 15 is 0 Å². The van der Waals surface area contributed by atoms with Crippen LogP contribution in [0.15, 0.2) is 30.5 Å². The summed E-state index contributed by atoms with van der Waals surface area (Å²) >= 11 is 0. The Morgan fingerprint density at radius 3 is 3.06 bits per heavy atom. The third-order valence-electron chi connectivity index (χ3n) is 2.79. The van der Waals surface area contributed by atoms with Gasteiger partial charge in [-0.25, -0.2) is 0 Å². The van der Waals surface area contributed by atoms with Crippen molar-refractivity contribution in [3.8, 4) is 12.3 Å². The highest BCUT2D eigenvalue weighted by Gasteiger charge is 2.01. The van der Waals surface area contributed by atoms with Crippen molar-refractivity contribution in [3.05, 3.63) is 36.0 Å². The van der Waals surface area contributed by atoms with Crippen LogP contribution in [-0.4, -0.2) is 17.7 Å². The molecule has 0 radical (unpaired) electrons. The van der Waals surface area contributed by atoms with E-state index in [4.69, 9.17) is 6.42 Å². The van der Waals surface area contributed by atoms with Crippen LogP contribution in [0.25, 0.3) is 10.9 Å². The smallest absolute Gasteiger partial charge is 0.0574 e. The molecular weight excluding hydrogens is 196 g/mol. The maximum Gasteiger partial charge on any atom is 0.0574 e. The van der Waals surface area contributed by atoms with E-state index in [1.807, 2.05) is 0 Å².